The molecular formula is C25H32N2OS. The fourth-order valence-electron chi connectivity index (χ4n) is 3.79. The number of nitrogens with one attached hydrogen (secondary N) is 1. The van der Waals surface area contributed by atoms with E-state index in [-0.39, 0.29) is 11.9 Å². The van der Waals surface area contributed by atoms with Crippen molar-refractivity contribution in [1.29, 1.82) is 0 Å². The smallest absolute Gasteiger partial charge is 0.240 e. The number of benzene rings is 2. The number of allylic oxidation sites excluding steroid dienone is 1. The van der Waals surface area contributed by atoms with E-state index in [0.717, 1.165) is 50.3 Å². The molecule has 3 rings (SSSR count). The monoisotopic (exact) mass is 408 g/mol. The molecule has 0 unspecified atom stereocenters. The van der Waals surface area contributed by atoms with E-state index in [1.54, 1.807) is 0 Å². The first-order valence-electron chi connectivity index (χ1n) is 10.6. The Morgan fingerprint density at radius 2 is 1.76 bits per heavy atom. The number of carbonyl (C=O) groups is 1. The van der Waals surface area contributed by atoms with Crippen LogP contribution in [0.2, 0.25) is 0 Å². The molecule has 0 aliphatic carbocycles. The van der Waals surface area contributed by atoms with Crippen molar-refractivity contribution in [3.63, 3.8) is 0 Å². The summed E-state index contributed by atoms with van der Waals surface area (Å²) in [7, 11) is 0. The number of carbonyl (C=O) groups excluding carboxylic acids is 1. The molecule has 1 aliphatic heterocycles. The van der Waals surface area contributed by atoms with Gasteiger partial charge in [-0.2, -0.15) is 11.8 Å². The SMILES string of the molecule is C=CCC[C@@H]1CCN(CCSCc2ccccc2)C(=O)[C@H](Cc2ccccc2)N1. The van der Waals surface area contributed by atoms with Crippen LogP contribution in [0.25, 0.3) is 0 Å². The summed E-state index contributed by atoms with van der Waals surface area (Å²) in [6.07, 6.45) is 5.75. The molecule has 1 heterocycles. The van der Waals surface area contributed by atoms with Crippen molar-refractivity contribution < 1.29 is 4.79 Å². The maximum Gasteiger partial charge on any atom is 0.240 e. The van der Waals surface area contributed by atoms with E-state index in [2.05, 4.69) is 53.2 Å². The van der Waals surface area contributed by atoms with Crippen LogP contribution in [-0.4, -0.2) is 41.7 Å². The van der Waals surface area contributed by atoms with Crippen LogP contribution in [0.4, 0.5) is 0 Å². The third-order valence-corrected chi connectivity index (χ3v) is 6.42. The second-order valence-electron chi connectivity index (χ2n) is 7.62. The summed E-state index contributed by atoms with van der Waals surface area (Å²) in [6.45, 7) is 5.51. The van der Waals surface area contributed by atoms with Gasteiger partial charge in [-0.1, -0.05) is 66.7 Å². The highest BCUT2D eigenvalue weighted by Crippen LogP contribution is 2.17. The van der Waals surface area contributed by atoms with Crippen molar-refractivity contribution in [1.82, 2.24) is 10.2 Å². The molecule has 1 saturated heterocycles. The van der Waals surface area contributed by atoms with Crippen LogP contribution in [0, 0.1) is 0 Å². The first-order valence-corrected chi connectivity index (χ1v) is 11.7. The maximum atomic E-state index is 13.3. The molecule has 0 aromatic heterocycles. The fraction of sp³-hybridized carbons (Fsp3) is 0.400. The molecule has 1 amide bonds. The molecule has 0 spiro atoms. The van der Waals surface area contributed by atoms with Gasteiger partial charge in [0.2, 0.25) is 5.91 Å². The van der Waals surface area contributed by atoms with Crippen molar-refractivity contribution in [2.45, 2.75) is 43.5 Å². The van der Waals surface area contributed by atoms with Crippen molar-refractivity contribution in [2.24, 2.45) is 0 Å². The molecule has 1 N–H and O–H groups in total. The van der Waals surface area contributed by atoms with Gasteiger partial charge in [0.25, 0.3) is 0 Å². The summed E-state index contributed by atoms with van der Waals surface area (Å²) in [5.74, 6) is 2.21. The van der Waals surface area contributed by atoms with Gasteiger partial charge in [0.05, 0.1) is 6.04 Å². The number of thioether (sulfide) groups is 1. The highest BCUT2D eigenvalue weighted by molar-refractivity contribution is 7.98. The molecular weight excluding hydrogens is 376 g/mol. The summed E-state index contributed by atoms with van der Waals surface area (Å²) in [6, 6.07) is 21.1. The third kappa shape index (κ3) is 7.06. The zero-order valence-corrected chi connectivity index (χ0v) is 17.9. The Morgan fingerprint density at radius 1 is 1.07 bits per heavy atom. The van der Waals surface area contributed by atoms with Gasteiger partial charge in [-0.15, -0.1) is 6.58 Å². The molecule has 0 radical (unpaired) electrons. The van der Waals surface area contributed by atoms with Gasteiger partial charge in [0.15, 0.2) is 0 Å². The third-order valence-electron chi connectivity index (χ3n) is 5.41. The summed E-state index contributed by atoms with van der Waals surface area (Å²) in [5, 5.41) is 3.65. The lowest BCUT2D eigenvalue weighted by molar-refractivity contribution is -0.132. The number of rotatable bonds is 10. The van der Waals surface area contributed by atoms with Crippen LogP contribution in [0.5, 0.6) is 0 Å². The lowest BCUT2D eigenvalue weighted by Crippen LogP contribution is -2.47. The van der Waals surface area contributed by atoms with Gasteiger partial charge in [0.1, 0.15) is 0 Å². The molecule has 2 aromatic carbocycles. The van der Waals surface area contributed by atoms with Gasteiger partial charge in [0, 0.05) is 30.6 Å². The van der Waals surface area contributed by atoms with Crippen LogP contribution in [0.3, 0.4) is 0 Å². The number of amides is 1. The van der Waals surface area contributed by atoms with Crippen LogP contribution in [0.15, 0.2) is 73.3 Å². The molecule has 1 aliphatic rings. The van der Waals surface area contributed by atoms with Crippen LogP contribution < -0.4 is 5.32 Å². The van der Waals surface area contributed by atoms with Crippen LogP contribution in [-0.2, 0) is 17.0 Å². The van der Waals surface area contributed by atoms with Crippen molar-refractivity contribution in [2.75, 3.05) is 18.8 Å². The zero-order valence-electron chi connectivity index (χ0n) is 17.1. The first-order chi connectivity index (χ1) is 14.3. The molecule has 154 valence electrons. The Hall–Kier alpha value is -2.04. The van der Waals surface area contributed by atoms with Gasteiger partial charge < -0.3 is 10.2 Å². The molecule has 2 aromatic rings. The van der Waals surface area contributed by atoms with Crippen molar-refractivity contribution >= 4 is 17.7 Å². The second-order valence-corrected chi connectivity index (χ2v) is 8.73. The van der Waals surface area contributed by atoms with E-state index in [9.17, 15) is 4.79 Å². The maximum absolute atomic E-state index is 13.3. The predicted octanol–water partition coefficient (Wildman–Crippen LogP) is 4.69. The van der Waals surface area contributed by atoms with E-state index in [1.165, 1.54) is 11.1 Å². The Labute approximate surface area is 179 Å². The molecule has 29 heavy (non-hydrogen) atoms. The zero-order chi connectivity index (χ0) is 20.3. The predicted molar refractivity (Wildman–Crippen MR) is 124 cm³/mol. The minimum atomic E-state index is -0.145. The van der Waals surface area contributed by atoms with Gasteiger partial charge in [-0.05, 0) is 36.8 Å². The number of nitrogens with zero attached hydrogens (tertiary/aromatic N) is 1. The Bertz CT molecular complexity index is 750. The summed E-state index contributed by atoms with van der Waals surface area (Å²) >= 11 is 1.90. The average molecular weight is 409 g/mol. The van der Waals surface area contributed by atoms with E-state index in [1.807, 2.05) is 42.1 Å². The molecule has 4 heteroatoms. The second kappa shape index (κ2) is 11.8. The summed E-state index contributed by atoms with van der Waals surface area (Å²) in [4.78, 5) is 15.3. The van der Waals surface area contributed by atoms with E-state index in [0.29, 0.717) is 6.04 Å². The minimum absolute atomic E-state index is 0.145. The van der Waals surface area contributed by atoms with Crippen LogP contribution >= 0.6 is 11.8 Å². The topological polar surface area (TPSA) is 32.3 Å². The highest BCUT2D eigenvalue weighted by atomic mass is 32.2. The molecule has 0 bridgehead atoms. The lowest BCUT2D eigenvalue weighted by Gasteiger charge is -2.25. The van der Waals surface area contributed by atoms with E-state index < -0.39 is 0 Å². The number of hydrogen-bond donors (Lipinski definition) is 1. The van der Waals surface area contributed by atoms with Crippen LogP contribution in [0.1, 0.15) is 30.4 Å². The van der Waals surface area contributed by atoms with E-state index >= 15 is 0 Å². The van der Waals surface area contributed by atoms with Crippen molar-refractivity contribution in [3.05, 3.63) is 84.4 Å². The van der Waals surface area contributed by atoms with Gasteiger partial charge in [-0.25, -0.2) is 0 Å². The first kappa shape index (κ1) is 21.7. The average Bonchev–Trinajstić information content (AvgIpc) is 2.90. The molecule has 0 saturated carbocycles. The Kier molecular flexibility index (Phi) is 8.84. The Balaban J connectivity index is 1.58. The van der Waals surface area contributed by atoms with Gasteiger partial charge in [-0.3, -0.25) is 4.79 Å². The van der Waals surface area contributed by atoms with Crippen molar-refractivity contribution in [3.8, 4) is 0 Å². The molecule has 3 nitrogen and oxygen atoms in total. The summed E-state index contributed by atoms with van der Waals surface area (Å²) < 4.78 is 0. The molecule has 1 fully saturated rings. The normalized spacial score (nSPS) is 19.7. The lowest BCUT2D eigenvalue weighted by atomic mass is 10.0. The quantitative estimate of drug-likeness (QED) is 0.457. The summed E-state index contributed by atoms with van der Waals surface area (Å²) in [5.41, 5.74) is 2.55. The van der Waals surface area contributed by atoms with Gasteiger partial charge >= 0.3 is 0 Å². The minimum Gasteiger partial charge on any atom is -0.340 e. The molecule has 2 atom stereocenters. The largest absolute Gasteiger partial charge is 0.340 e. The number of hydrogen-bond acceptors (Lipinski definition) is 3. The van der Waals surface area contributed by atoms with E-state index in [4.69, 9.17) is 0 Å². The highest BCUT2D eigenvalue weighted by Gasteiger charge is 2.30. The fourth-order valence-corrected chi connectivity index (χ4v) is 4.71. The Morgan fingerprint density at radius 3 is 2.45 bits per heavy atom. The standard InChI is InChI=1S/C25H32N2OS/c1-2-3-14-23-15-16-27(17-18-29-20-22-12-8-5-9-13-22)25(28)24(26-23)19-21-10-6-4-7-11-21/h2,4-13,23-24,26H,1,3,14-20H2/t23-,24+/m1/s1.